The summed E-state index contributed by atoms with van der Waals surface area (Å²) in [5.41, 5.74) is 1.57. The number of hydrogen-bond donors (Lipinski definition) is 1. The molecule has 0 bridgehead atoms. The highest BCUT2D eigenvalue weighted by Gasteiger charge is 2.18. The highest BCUT2D eigenvalue weighted by molar-refractivity contribution is 7.99. The third kappa shape index (κ3) is 3.16. The van der Waals surface area contributed by atoms with Crippen molar-refractivity contribution in [3.63, 3.8) is 0 Å². The second-order valence-corrected chi connectivity index (χ2v) is 5.89. The summed E-state index contributed by atoms with van der Waals surface area (Å²) in [6.45, 7) is 2.62. The molecular weight excluding hydrogens is 248 g/mol. The summed E-state index contributed by atoms with van der Waals surface area (Å²) in [5.74, 6) is 3.07. The average molecular weight is 266 g/mol. The van der Waals surface area contributed by atoms with Crippen molar-refractivity contribution in [3.05, 3.63) is 33.9 Å². The topological polar surface area (TPSA) is 55.2 Å². The Morgan fingerprint density at radius 3 is 2.83 bits per heavy atom. The van der Waals surface area contributed by atoms with Gasteiger partial charge in [0.2, 0.25) is 0 Å². The van der Waals surface area contributed by atoms with Gasteiger partial charge in [-0.3, -0.25) is 10.1 Å². The molecule has 0 atom stereocenters. The van der Waals surface area contributed by atoms with Gasteiger partial charge >= 0.3 is 0 Å². The molecule has 2 rings (SSSR count). The van der Waals surface area contributed by atoms with Crippen molar-refractivity contribution >= 4 is 23.1 Å². The van der Waals surface area contributed by atoms with Gasteiger partial charge in [-0.05, 0) is 43.3 Å². The van der Waals surface area contributed by atoms with E-state index in [1.807, 2.05) is 17.8 Å². The standard InChI is InChI=1S/C13H18N2O2S/c1-10-3-2-4-12(13(10)15(16)17)14-9-11-5-7-18-8-6-11/h2-4,11,14H,5-9H2,1H3. The van der Waals surface area contributed by atoms with E-state index >= 15 is 0 Å². The summed E-state index contributed by atoms with van der Waals surface area (Å²) in [4.78, 5) is 10.8. The normalized spacial score (nSPS) is 16.5. The Morgan fingerprint density at radius 2 is 2.17 bits per heavy atom. The number of thioether (sulfide) groups is 1. The molecule has 0 unspecified atom stereocenters. The number of nitro groups is 1. The van der Waals surface area contributed by atoms with Gasteiger partial charge in [-0.1, -0.05) is 12.1 Å². The van der Waals surface area contributed by atoms with Crippen LogP contribution in [0.25, 0.3) is 0 Å². The van der Waals surface area contributed by atoms with Crippen LogP contribution in [0.3, 0.4) is 0 Å². The number of nitro benzene ring substituents is 1. The average Bonchev–Trinajstić information content (AvgIpc) is 2.37. The number of nitrogens with one attached hydrogen (secondary N) is 1. The van der Waals surface area contributed by atoms with Gasteiger partial charge in [-0.25, -0.2) is 0 Å². The Kier molecular flexibility index (Phi) is 4.47. The first-order valence-corrected chi connectivity index (χ1v) is 7.39. The molecular formula is C13H18N2O2S. The summed E-state index contributed by atoms with van der Waals surface area (Å²) >= 11 is 1.99. The predicted octanol–water partition coefficient (Wildman–Crippen LogP) is 3.46. The fraction of sp³-hybridized carbons (Fsp3) is 0.538. The van der Waals surface area contributed by atoms with Crippen molar-refractivity contribution in [2.45, 2.75) is 19.8 Å². The molecule has 5 heteroatoms. The molecule has 1 saturated heterocycles. The van der Waals surface area contributed by atoms with Gasteiger partial charge in [0.1, 0.15) is 5.69 Å². The monoisotopic (exact) mass is 266 g/mol. The second kappa shape index (κ2) is 6.09. The molecule has 0 saturated carbocycles. The first kappa shape index (κ1) is 13.2. The van der Waals surface area contributed by atoms with Crippen molar-refractivity contribution in [1.29, 1.82) is 0 Å². The molecule has 1 fully saturated rings. The molecule has 1 aliphatic heterocycles. The second-order valence-electron chi connectivity index (χ2n) is 4.66. The van der Waals surface area contributed by atoms with Crippen molar-refractivity contribution in [2.24, 2.45) is 5.92 Å². The third-order valence-electron chi connectivity index (χ3n) is 3.34. The minimum absolute atomic E-state index is 0.211. The Labute approximate surface area is 111 Å². The van der Waals surface area contributed by atoms with Crippen LogP contribution in [0.1, 0.15) is 18.4 Å². The molecule has 1 aromatic carbocycles. The van der Waals surface area contributed by atoms with Crippen LogP contribution in [-0.2, 0) is 0 Å². The minimum atomic E-state index is -0.297. The summed E-state index contributed by atoms with van der Waals surface area (Å²) in [6, 6.07) is 5.44. The number of benzene rings is 1. The molecule has 0 radical (unpaired) electrons. The smallest absolute Gasteiger partial charge is 0.295 e. The first-order valence-electron chi connectivity index (χ1n) is 6.24. The largest absolute Gasteiger partial charge is 0.379 e. The highest BCUT2D eigenvalue weighted by Crippen LogP contribution is 2.29. The Balaban J connectivity index is 2.04. The molecule has 18 heavy (non-hydrogen) atoms. The van der Waals surface area contributed by atoms with Gasteiger partial charge in [0.25, 0.3) is 5.69 Å². The maximum absolute atomic E-state index is 11.1. The Bertz CT molecular complexity index is 431. The number of para-hydroxylation sites is 1. The molecule has 4 nitrogen and oxygen atoms in total. The van der Waals surface area contributed by atoms with E-state index in [2.05, 4.69) is 5.32 Å². The van der Waals surface area contributed by atoms with Gasteiger partial charge in [0.15, 0.2) is 0 Å². The van der Waals surface area contributed by atoms with E-state index in [0.29, 0.717) is 17.2 Å². The fourth-order valence-electron chi connectivity index (χ4n) is 2.25. The van der Waals surface area contributed by atoms with Gasteiger partial charge < -0.3 is 5.32 Å². The highest BCUT2D eigenvalue weighted by atomic mass is 32.2. The van der Waals surface area contributed by atoms with E-state index in [-0.39, 0.29) is 10.6 Å². The van der Waals surface area contributed by atoms with Crippen LogP contribution in [0.5, 0.6) is 0 Å². The number of rotatable bonds is 4. The zero-order chi connectivity index (χ0) is 13.0. The predicted molar refractivity (Wildman–Crippen MR) is 76.4 cm³/mol. The maximum Gasteiger partial charge on any atom is 0.295 e. The molecule has 1 N–H and O–H groups in total. The van der Waals surface area contributed by atoms with Crippen LogP contribution >= 0.6 is 11.8 Å². The lowest BCUT2D eigenvalue weighted by Crippen LogP contribution is -2.19. The zero-order valence-corrected chi connectivity index (χ0v) is 11.3. The van der Waals surface area contributed by atoms with E-state index in [9.17, 15) is 10.1 Å². The number of aryl methyl sites for hydroxylation is 1. The summed E-state index contributed by atoms with van der Waals surface area (Å²) in [7, 11) is 0. The van der Waals surface area contributed by atoms with E-state index in [4.69, 9.17) is 0 Å². The van der Waals surface area contributed by atoms with E-state index in [1.165, 1.54) is 24.3 Å². The molecule has 1 aliphatic rings. The fourth-order valence-corrected chi connectivity index (χ4v) is 3.45. The number of anilines is 1. The Morgan fingerprint density at radius 1 is 1.44 bits per heavy atom. The van der Waals surface area contributed by atoms with Gasteiger partial charge in [-0.15, -0.1) is 0 Å². The number of nitrogens with zero attached hydrogens (tertiary/aromatic N) is 1. The van der Waals surface area contributed by atoms with E-state index in [1.54, 1.807) is 19.1 Å². The summed E-state index contributed by atoms with van der Waals surface area (Å²) in [5, 5.41) is 14.3. The maximum atomic E-state index is 11.1. The van der Waals surface area contributed by atoms with Crippen molar-refractivity contribution in [1.82, 2.24) is 0 Å². The van der Waals surface area contributed by atoms with Crippen LogP contribution in [-0.4, -0.2) is 23.0 Å². The van der Waals surface area contributed by atoms with E-state index in [0.717, 1.165) is 6.54 Å². The van der Waals surface area contributed by atoms with E-state index < -0.39 is 0 Å². The zero-order valence-electron chi connectivity index (χ0n) is 10.5. The van der Waals surface area contributed by atoms with Crippen molar-refractivity contribution < 1.29 is 4.92 Å². The lowest BCUT2D eigenvalue weighted by molar-refractivity contribution is -0.384. The summed E-state index contributed by atoms with van der Waals surface area (Å²) < 4.78 is 0. The molecule has 1 heterocycles. The molecule has 0 aliphatic carbocycles. The number of hydrogen-bond acceptors (Lipinski definition) is 4. The lowest BCUT2D eigenvalue weighted by atomic mass is 10.0. The van der Waals surface area contributed by atoms with Crippen LogP contribution in [0.4, 0.5) is 11.4 Å². The van der Waals surface area contributed by atoms with Crippen molar-refractivity contribution in [3.8, 4) is 0 Å². The molecule has 0 amide bonds. The molecule has 1 aromatic rings. The molecule has 0 aromatic heterocycles. The van der Waals surface area contributed by atoms with Gasteiger partial charge in [0.05, 0.1) is 4.92 Å². The summed E-state index contributed by atoms with van der Waals surface area (Å²) in [6.07, 6.45) is 2.41. The SMILES string of the molecule is Cc1cccc(NCC2CCSCC2)c1[N+](=O)[O-]. The Hall–Kier alpha value is -1.23. The quantitative estimate of drug-likeness (QED) is 0.670. The molecule has 98 valence electrons. The van der Waals surface area contributed by atoms with Gasteiger partial charge in [-0.2, -0.15) is 11.8 Å². The van der Waals surface area contributed by atoms with Crippen molar-refractivity contribution in [2.75, 3.05) is 23.4 Å². The molecule has 0 spiro atoms. The van der Waals surface area contributed by atoms with Crippen LogP contribution < -0.4 is 5.32 Å². The lowest BCUT2D eigenvalue weighted by Gasteiger charge is -2.22. The van der Waals surface area contributed by atoms with Crippen LogP contribution in [0.2, 0.25) is 0 Å². The third-order valence-corrected chi connectivity index (χ3v) is 4.39. The van der Waals surface area contributed by atoms with Crippen LogP contribution in [0.15, 0.2) is 18.2 Å². The van der Waals surface area contributed by atoms with Crippen LogP contribution in [0, 0.1) is 23.0 Å². The van der Waals surface area contributed by atoms with Gasteiger partial charge in [0, 0.05) is 12.1 Å². The first-order chi connectivity index (χ1) is 8.68. The minimum Gasteiger partial charge on any atom is -0.379 e.